The number of thiol groups is 1. The SMILES string of the molecule is CC.CC/C=C(S)/C=C(\C=C(C)C)C(F)(F)F. The van der Waals surface area contributed by atoms with E-state index >= 15 is 0 Å². The third kappa shape index (κ3) is 10.2. The van der Waals surface area contributed by atoms with E-state index in [2.05, 4.69) is 12.6 Å². The van der Waals surface area contributed by atoms with E-state index in [0.29, 0.717) is 16.9 Å². The minimum absolute atomic E-state index is 0.335. The van der Waals surface area contributed by atoms with Gasteiger partial charge < -0.3 is 0 Å². The summed E-state index contributed by atoms with van der Waals surface area (Å²) in [5.74, 6) is 0. The lowest BCUT2D eigenvalue weighted by Gasteiger charge is -2.08. The van der Waals surface area contributed by atoms with E-state index in [1.165, 1.54) is 0 Å². The second-order valence-electron chi connectivity index (χ2n) is 3.36. The summed E-state index contributed by atoms with van der Waals surface area (Å²) in [5.41, 5.74) is -0.0617. The smallest absolute Gasteiger partial charge is 0.166 e. The quantitative estimate of drug-likeness (QED) is 0.492. The molecule has 0 bridgehead atoms. The highest BCUT2D eigenvalue weighted by Crippen LogP contribution is 2.29. The molecule has 0 rings (SSSR count). The number of halogens is 3. The normalized spacial score (nSPS) is 12.8. The van der Waals surface area contributed by atoms with Crippen molar-refractivity contribution in [2.75, 3.05) is 0 Å². The van der Waals surface area contributed by atoms with Crippen LogP contribution in [0.1, 0.15) is 41.0 Å². The highest BCUT2D eigenvalue weighted by Gasteiger charge is 2.31. The molecule has 0 aromatic heterocycles. The summed E-state index contributed by atoms with van der Waals surface area (Å²) >= 11 is 3.96. The van der Waals surface area contributed by atoms with Crippen molar-refractivity contribution in [1.82, 2.24) is 0 Å². The Bertz CT molecular complexity index is 292. The average Bonchev–Trinajstić information content (AvgIpc) is 2.18. The molecule has 0 aromatic carbocycles. The average molecular weight is 266 g/mol. The predicted octanol–water partition coefficient (Wildman–Crippen LogP) is 5.69. The van der Waals surface area contributed by atoms with Crippen LogP contribution < -0.4 is 0 Å². The first-order valence-corrected chi connectivity index (χ1v) is 6.05. The van der Waals surface area contributed by atoms with E-state index < -0.39 is 11.7 Å². The number of allylic oxidation sites excluding steroid dienone is 5. The molecule has 0 aliphatic carbocycles. The molecular formula is C13H21F3S. The van der Waals surface area contributed by atoms with Crippen molar-refractivity contribution in [1.29, 1.82) is 0 Å². The van der Waals surface area contributed by atoms with Gasteiger partial charge in [-0.1, -0.05) is 38.5 Å². The zero-order valence-corrected chi connectivity index (χ0v) is 11.9. The maximum atomic E-state index is 12.5. The molecule has 0 saturated carbocycles. The fraction of sp³-hybridized carbons (Fsp3) is 0.538. The van der Waals surface area contributed by atoms with E-state index in [4.69, 9.17) is 0 Å². The molecule has 0 nitrogen and oxygen atoms in total. The summed E-state index contributed by atoms with van der Waals surface area (Å²) in [5, 5.41) is 0. The number of alkyl halides is 3. The Morgan fingerprint density at radius 1 is 1.12 bits per heavy atom. The van der Waals surface area contributed by atoms with Gasteiger partial charge in [0.15, 0.2) is 0 Å². The molecule has 0 aromatic rings. The monoisotopic (exact) mass is 266 g/mol. The van der Waals surface area contributed by atoms with Crippen molar-refractivity contribution in [3.8, 4) is 0 Å². The van der Waals surface area contributed by atoms with E-state index in [9.17, 15) is 13.2 Å². The Labute approximate surface area is 108 Å². The van der Waals surface area contributed by atoms with Gasteiger partial charge >= 0.3 is 6.18 Å². The summed E-state index contributed by atoms with van der Waals surface area (Å²) in [4.78, 5) is 0.335. The zero-order chi connectivity index (χ0) is 14.1. The Balaban J connectivity index is 0. The Hall–Kier alpha value is -0.640. The fourth-order valence-electron chi connectivity index (χ4n) is 0.944. The van der Waals surface area contributed by atoms with Gasteiger partial charge in [-0.3, -0.25) is 0 Å². The largest absolute Gasteiger partial charge is 0.416 e. The molecule has 0 aliphatic heterocycles. The molecular weight excluding hydrogens is 245 g/mol. The standard InChI is InChI=1S/C11H15F3S.C2H6/c1-4-5-10(15)7-9(6-8(2)3)11(12,13)14;1-2/h5-7,15H,4H2,1-3H3;1-2H3/b9-7+,10-5-;. The van der Waals surface area contributed by atoms with Gasteiger partial charge in [-0.15, -0.1) is 12.6 Å². The van der Waals surface area contributed by atoms with E-state index in [1.54, 1.807) is 19.9 Å². The van der Waals surface area contributed by atoms with Crippen LogP contribution in [0.15, 0.2) is 34.3 Å². The molecule has 0 spiro atoms. The maximum Gasteiger partial charge on any atom is 0.416 e. The molecule has 0 aliphatic rings. The van der Waals surface area contributed by atoms with Crippen LogP contribution in [0.2, 0.25) is 0 Å². The summed E-state index contributed by atoms with van der Waals surface area (Å²) in [6.45, 7) is 9.10. The van der Waals surface area contributed by atoms with Crippen LogP contribution in [0.5, 0.6) is 0 Å². The number of rotatable bonds is 3. The molecule has 0 fully saturated rings. The molecule has 0 heterocycles. The van der Waals surface area contributed by atoms with E-state index in [-0.39, 0.29) is 0 Å². The van der Waals surface area contributed by atoms with Gasteiger partial charge in [0.1, 0.15) is 0 Å². The first-order valence-electron chi connectivity index (χ1n) is 5.60. The minimum atomic E-state index is -4.33. The number of hydrogen-bond donors (Lipinski definition) is 1. The first-order chi connectivity index (χ1) is 7.77. The molecule has 17 heavy (non-hydrogen) atoms. The van der Waals surface area contributed by atoms with Gasteiger partial charge in [0.2, 0.25) is 0 Å². The van der Waals surface area contributed by atoms with Gasteiger partial charge in [-0.05, 0) is 26.3 Å². The first kappa shape index (κ1) is 18.7. The third-order valence-corrected chi connectivity index (χ3v) is 1.80. The van der Waals surface area contributed by atoms with Gasteiger partial charge in [0, 0.05) is 4.91 Å². The van der Waals surface area contributed by atoms with Crippen LogP contribution in [0.4, 0.5) is 13.2 Å². The van der Waals surface area contributed by atoms with Gasteiger partial charge in [-0.25, -0.2) is 0 Å². The van der Waals surface area contributed by atoms with Gasteiger partial charge in [0.05, 0.1) is 5.57 Å². The highest BCUT2D eigenvalue weighted by atomic mass is 32.1. The van der Waals surface area contributed by atoms with Crippen LogP contribution in [0.3, 0.4) is 0 Å². The molecule has 0 atom stereocenters. The summed E-state index contributed by atoms with van der Waals surface area (Å²) < 4.78 is 37.5. The predicted molar refractivity (Wildman–Crippen MR) is 72.3 cm³/mol. The van der Waals surface area contributed by atoms with Crippen LogP contribution in [0.25, 0.3) is 0 Å². The summed E-state index contributed by atoms with van der Waals surface area (Å²) in [6, 6.07) is 0. The van der Waals surface area contributed by atoms with Crippen LogP contribution in [0, 0.1) is 0 Å². The lowest BCUT2D eigenvalue weighted by Crippen LogP contribution is -2.10. The van der Waals surface area contributed by atoms with Crippen molar-refractivity contribution in [2.24, 2.45) is 0 Å². The van der Waals surface area contributed by atoms with Crippen molar-refractivity contribution in [3.05, 3.63) is 34.3 Å². The summed E-state index contributed by atoms with van der Waals surface area (Å²) in [6.07, 6.45) is 0.120. The van der Waals surface area contributed by atoms with Crippen LogP contribution >= 0.6 is 12.6 Å². The fourth-order valence-corrected chi connectivity index (χ4v) is 1.27. The molecule has 0 amide bonds. The Kier molecular flexibility index (Phi) is 10.3. The van der Waals surface area contributed by atoms with Crippen molar-refractivity contribution in [2.45, 2.75) is 47.2 Å². The molecule has 4 heteroatoms. The lowest BCUT2D eigenvalue weighted by atomic mass is 10.1. The van der Waals surface area contributed by atoms with Crippen LogP contribution in [-0.2, 0) is 0 Å². The second-order valence-corrected chi connectivity index (χ2v) is 3.87. The van der Waals surface area contributed by atoms with Gasteiger partial charge in [-0.2, -0.15) is 13.2 Å². The Morgan fingerprint density at radius 2 is 1.59 bits per heavy atom. The summed E-state index contributed by atoms with van der Waals surface area (Å²) in [7, 11) is 0. The topological polar surface area (TPSA) is 0 Å². The van der Waals surface area contributed by atoms with Crippen LogP contribution in [-0.4, -0.2) is 6.18 Å². The van der Waals surface area contributed by atoms with Crippen molar-refractivity contribution in [3.63, 3.8) is 0 Å². The zero-order valence-electron chi connectivity index (χ0n) is 11.0. The number of hydrogen-bond acceptors (Lipinski definition) is 1. The molecule has 0 saturated heterocycles. The molecule has 0 N–H and O–H groups in total. The third-order valence-electron chi connectivity index (χ3n) is 1.49. The molecule has 100 valence electrons. The molecule has 0 unspecified atom stereocenters. The van der Waals surface area contributed by atoms with Crippen molar-refractivity contribution < 1.29 is 13.2 Å². The molecule has 0 radical (unpaired) electrons. The Morgan fingerprint density at radius 3 is 1.88 bits per heavy atom. The van der Waals surface area contributed by atoms with E-state index in [1.807, 2.05) is 20.8 Å². The second kappa shape index (κ2) is 9.40. The van der Waals surface area contributed by atoms with Crippen molar-refractivity contribution >= 4 is 12.6 Å². The maximum absolute atomic E-state index is 12.5. The van der Waals surface area contributed by atoms with Gasteiger partial charge in [0.25, 0.3) is 0 Å². The minimum Gasteiger partial charge on any atom is -0.166 e. The van der Waals surface area contributed by atoms with E-state index in [0.717, 1.165) is 12.2 Å². The lowest BCUT2D eigenvalue weighted by molar-refractivity contribution is -0.0882. The highest BCUT2D eigenvalue weighted by molar-refractivity contribution is 7.84.